The Morgan fingerprint density at radius 3 is 1.50 bits per heavy atom. The highest BCUT2D eigenvalue weighted by Crippen LogP contribution is 2.52. The molecule has 0 saturated heterocycles. The molecule has 0 atom stereocenters. The minimum Gasteiger partial charge on any atom is -0.493 e. The van der Waals surface area contributed by atoms with Crippen molar-refractivity contribution in [1.82, 2.24) is 0 Å². The first-order valence-electron chi connectivity index (χ1n) is 8.56. The number of allylic oxidation sites excluding steroid dienone is 2. The third kappa shape index (κ3) is 3.34. The Hall–Kier alpha value is -1.22. The lowest BCUT2D eigenvalue weighted by Crippen LogP contribution is -2.02. The van der Waals surface area contributed by atoms with Gasteiger partial charge in [0.15, 0.2) is 0 Å². The quantitative estimate of drug-likeness (QED) is 0.412. The molecule has 4 nitrogen and oxygen atoms in total. The van der Waals surface area contributed by atoms with Gasteiger partial charge in [0.2, 0.25) is 11.6 Å². The lowest BCUT2D eigenvalue weighted by atomic mass is 10.1. The van der Waals surface area contributed by atoms with Crippen LogP contribution in [0.5, 0.6) is 11.5 Å². The molecule has 4 rings (SSSR count). The first-order chi connectivity index (χ1) is 13.4. The fourth-order valence-corrected chi connectivity index (χ4v) is 6.22. The molecule has 0 saturated carbocycles. The van der Waals surface area contributed by atoms with E-state index in [1.54, 1.807) is 12.1 Å². The van der Waals surface area contributed by atoms with E-state index in [1.165, 1.54) is 23.5 Å². The van der Waals surface area contributed by atoms with E-state index in [2.05, 4.69) is 31.9 Å². The van der Waals surface area contributed by atoms with Crippen molar-refractivity contribution in [3.8, 4) is 11.5 Å². The van der Waals surface area contributed by atoms with E-state index in [1.807, 2.05) is 26.0 Å². The Morgan fingerprint density at radius 1 is 0.750 bits per heavy atom. The van der Waals surface area contributed by atoms with E-state index in [0.29, 0.717) is 45.6 Å². The standard InChI is InChI=1S/C20H14Br2O4S2/c1-3-25-13-7-15-9(5-11(13)21)17(23)19(27-15)20-18(24)10-6-12(22)14(26-4-2)8-16(10)28-20/h5-8H,3-4H2,1-2H3/b20-19-. The number of hydrogen-bond donors (Lipinski definition) is 0. The van der Waals surface area contributed by atoms with E-state index >= 15 is 0 Å². The van der Waals surface area contributed by atoms with E-state index in [4.69, 9.17) is 9.47 Å². The third-order valence-electron chi connectivity index (χ3n) is 4.20. The summed E-state index contributed by atoms with van der Waals surface area (Å²) in [6.45, 7) is 4.88. The molecule has 144 valence electrons. The normalized spacial score (nSPS) is 17.7. The molecule has 28 heavy (non-hydrogen) atoms. The summed E-state index contributed by atoms with van der Waals surface area (Å²) in [5.74, 6) is 1.12. The maximum absolute atomic E-state index is 13.0. The Morgan fingerprint density at radius 2 is 1.14 bits per heavy atom. The van der Waals surface area contributed by atoms with Gasteiger partial charge in [-0.3, -0.25) is 9.59 Å². The number of carbonyl (C=O) groups excluding carboxylic acids is 2. The zero-order chi connectivity index (χ0) is 20.0. The number of rotatable bonds is 4. The van der Waals surface area contributed by atoms with Crippen molar-refractivity contribution >= 4 is 67.0 Å². The monoisotopic (exact) mass is 540 g/mol. The molecular weight excluding hydrogens is 528 g/mol. The molecule has 2 aliphatic heterocycles. The van der Waals surface area contributed by atoms with Crippen LogP contribution in [0.25, 0.3) is 0 Å². The topological polar surface area (TPSA) is 52.6 Å². The molecule has 2 aromatic rings. The highest BCUT2D eigenvalue weighted by molar-refractivity contribution is 9.11. The first-order valence-corrected chi connectivity index (χ1v) is 11.8. The number of halogens is 2. The van der Waals surface area contributed by atoms with Crippen LogP contribution in [-0.2, 0) is 0 Å². The number of ether oxygens (including phenoxy) is 2. The molecule has 0 unspecified atom stereocenters. The molecule has 0 N–H and O–H groups in total. The molecule has 0 fully saturated rings. The van der Waals surface area contributed by atoms with Crippen molar-refractivity contribution < 1.29 is 19.1 Å². The van der Waals surface area contributed by atoms with Crippen LogP contribution in [0.15, 0.2) is 52.8 Å². The molecule has 0 spiro atoms. The minimum atomic E-state index is -0.128. The number of fused-ring (bicyclic) bond motifs is 2. The summed E-state index contributed by atoms with van der Waals surface area (Å²) in [6, 6.07) is 7.23. The zero-order valence-corrected chi connectivity index (χ0v) is 19.7. The fourth-order valence-electron chi connectivity index (χ4n) is 2.98. The predicted molar refractivity (Wildman–Crippen MR) is 118 cm³/mol. The van der Waals surface area contributed by atoms with Crippen LogP contribution in [-0.4, -0.2) is 24.8 Å². The summed E-state index contributed by atoms with van der Waals surface area (Å²) in [5.41, 5.74) is 1.17. The highest BCUT2D eigenvalue weighted by atomic mass is 79.9. The summed E-state index contributed by atoms with van der Waals surface area (Å²) < 4.78 is 12.7. The number of benzene rings is 2. The van der Waals surface area contributed by atoms with E-state index in [-0.39, 0.29) is 11.6 Å². The number of ketones is 2. The van der Waals surface area contributed by atoms with Crippen LogP contribution in [0.3, 0.4) is 0 Å². The van der Waals surface area contributed by atoms with Crippen LogP contribution in [0.1, 0.15) is 34.6 Å². The van der Waals surface area contributed by atoms with E-state index in [0.717, 1.165) is 18.7 Å². The second-order valence-corrected chi connectivity index (χ2v) is 9.76. The smallest absolute Gasteiger partial charge is 0.202 e. The van der Waals surface area contributed by atoms with Gasteiger partial charge in [-0.25, -0.2) is 0 Å². The average molecular weight is 542 g/mol. The third-order valence-corrected chi connectivity index (χ3v) is 7.87. The molecule has 0 aliphatic carbocycles. The zero-order valence-electron chi connectivity index (χ0n) is 14.9. The van der Waals surface area contributed by atoms with Gasteiger partial charge in [0, 0.05) is 20.9 Å². The van der Waals surface area contributed by atoms with E-state index < -0.39 is 0 Å². The molecule has 2 heterocycles. The highest BCUT2D eigenvalue weighted by Gasteiger charge is 2.37. The van der Waals surface area contributed by atoms with E-state index in [9.17, 15) is 9.59 Å². The van der Waals surface area contributed by atoms with Gasteiger partial charge in [-0.05, 0) is 70.0 Å². The first kappa shape index (κ1) is 20.1. The molecule has 0 radical (unpaired) electrons. The van der Waals surface area contributed by atoms with Crippen molar-refractivity contribution in [3.63, 3.8) is 0 Å². The summed E-state index contributed by atoms with van der Waals surface area (Å²) in [5, 5.41) is 0. The maximum atomic E-state index is 13.0. The number of hydrogen-bond acceptors (Lipinski definition) is 6. The molecule has 2 aliphatic rings. The second kappa shape index (κ2) is 7.89. The molecule has 0 bridgehead atoms. The van der Waals surface area contributed by atoms with Crippen LogP contribution in [0.4, 0.5) is 0 Å². The molecule has 0 amide bonds. The molecular formula is C20H14Br2O4S2. The number of Topliss-reactive ketones (excluding diaryl/α,β-unsaturated/α-hetero) is 2. The van der Waals surface area contributed by atoms with Crippen molar-refractivity contribution in [1.29, 1.82) is 0 Å². The van der Waals surface area contributed by atoms with Crippen molar-refractivity contribution in [2.24, 2.45) is 0 Å². The Bertz CT molecular complexity index is 979. The van der Waals surface area contributed by atoms with Gasteiger partial charge < -0.3 is 9.47 Å². The summed E-state index contributed by atoms with van der Waals surface area (Å²) in [7, 11) is 0. The average Bonchev–Trinajstić information content (AvgIpc) is 3.14. The summed E-state index contributed by atoms with van der Waals surface area (Å²) >= 11 is 9.56. The minimum absolute atomic E-state index is 0.128. The largest absolute Gasteiger partial charge is 0.493 e. The number of thioether (sulfide) groups is 2. The Kier molecular flexibility index (Phi) is 5.66. The van der Waals surface area contributed by atoms with Gasteiger partial charge in [0.1, 0.15) is 11.5 Å². The molecule has 2 aromatic carbocycles. The van der Waals surface area contributed by atoms with Gasteiger partial charge in [0.25, 0.3) is 0 Å². The molecule has 8 heteroatoms. The lowest BCUT2D eigenvalue weighted by molar-refractivity contribution is 0.101. The SMILES string of the molecule is CCOc1cc2c(cc1Br)C(=O)/C(=C1/Sc3cc(OCC)c(Br)cc3C1=O)S2. The van der Waals surface area contributed by atoms with Crippen LogP contribution < -0.4 is 9.47 Å². The van der Waals surface area contributed by atoms with Gasteiger partial charge in [-0.2, -0.15) is 0 Å². The summed E-state index contributed by atoms with van der Waals surface area (Å²) in [6.07, 6.45) is 0. The molecule has 0 aromatic heterocycles. The Labute approximate surface area is 187 Å². The van der Waals surface area contributed by atoms with Crippen LogP contribution in [0, 0.1) is 0 Å². The van der Waals surface area contributed by atoms with Crippen molar-refractivity contribution in [2.75, 3.05) is 13.2 Å². The van der Waals surface area contributed by atoms with Gasteiger partial charge >= 0.3 is 0 Å². The van der Waals surface area contributed by atoms with Crippen molar-refractivity contribution in [2.45, 2.75) is 23.6 Å². The van der Waals surface area contributed by atoms with Crippen molar-refractivity contribution in [3.05, 3.63) is 54.1 Å². The summed E-state index contributed by atoms with van der Waals surface area (Å²) in [4.78, 5) is 28.5. The fraction of sp³-hybridized carbons (Fsp3) is 0.200. The van der Waals surface area contributed by atoms with Gasteiger partial charge in [0.05, 0.1) is 32.0 Å². The predicted octanol–water partition coefficient (Wildman–Crippen LogP) is 6.50. The van der Waals surface area contributed by atoms with Crippen LogP contribution >= 0.6 is 55.4 Å². The Balaban J connectivity index is 1.74. The van der Waals surface area contributed by atoms with Gasteiger partial charge in [-0.15, -0.1) is 0 Å². The number of carbonyl (C=O) groups is 2. The van der Waals surface area contributed by atoms with Crippen LogP contribution in [0.2, 0.25) is 0 Å². The maximum Gasteiger partial charge on any atom is 0.202 e. The lowest BCUT2D eigenvalue weighted by Gasteiger charge is -2.07. The van der Waals surface area contributed by atoms with Gasteiger partial charge in [-0.1, -0.05) is 23.5 Å². The second-order valence-electron chi connectivity index (χ2n) is 5.94.